The van der Waals surface area contributed by atoms with Crippen molar-refractivity contribution in [2.24, 2.45) is 0 Å². The van der Waals surface area contributed by atoms with Crippen LogP contribution in [-0.2, 0) is 4.79 Å². The maximum absolute atomic E-state index is 10.9. The predicted molar refractivity (Wildman–Crippen MR) is 110 cm³/mol. The summed E-state index contributed by atoms with van der Waals surface area (Å²) in [5, 5.41) is 0.659. The lowest BCUT2D eigenvalue weighted by Gasteiger charge is -2.05. The van der Waals surface area contributed by atoms with Gasteiger partial charge < -0.3 is 0 Å². The minimum absolute atomic E-state index is 0.553. The second kappa shape index (κ2) is 20.7. The lowest BCUT2D eigenvalue weighted by Crippen LogP contribution is -1.90. The quantitative estimate of drug-likeness (QED) is 0.283. The van der Waals surface area contributed by atoms with Crippen LogP contribution in [0.25, 0.3) is 0 Å². The third-order valence-electron chi connectivity index (χ3n) is 2.18. The van der Waals surface area contributed by atoms with Crippen molar-refractivity contribution in [3.63, 3.8) is 0 Å². The molecule has 0 aromatic heterocycles. The van der Waals surface area contributed by atoms with Crippen LogP contribution in [0.15, 0.2) is 58.2 Å². The Balaban J connectivity index is -0.000000267. The molecule has 0 fully saturated rings. The van der Waals surface area contributed by atoms with Crippen molar-refractivity contribution in [3.05, 3.63) is 58.2 Å². The number of rotatable bonds is 5. The van der Waals surface area contributed by atoms with E-state index in [0.717, 1.165) is 28.6 Å². The number of halogens is 1. The molecular formula is C21H37ClO. The maximum Gasteiger partial charge on any atom is 0.150 e. The van der Waals surface area contributed by atoms with Crippen LogP contribution in [0, 0.1) is 0 Å². The Labute approximate surface area is 150 Å². The van der Waals surface area contributed by atoms with Gasteiger partial charge in [0.2, 0.25) is 0 Å². The van der Waals surface area contributed by atoms with Crippen molar-refractivity contribution in [2.45, 2.75) is 69.2 Å². The first-order valence-electron chi connectivity index (χ1n) is 8.33. The van der Waals surface area contributed by atoms with E-state index in [1.807, 2.05) is 68.4 Å². The summed E-state index contributed by atoms with van der Waals surface area (Å²) in [6, 6.07) is 0. The summed E-state index contributed by atoms with van der Waals surface area (Å²) in [6.07, 6.45) is 4.35. The molecule has 0 aliphatic rings. The van der Waals surface area contributed by atoms with E-state index < -0.39 is 0 Å². The standard InChI is InChI=1S/C15H19ClO.3C2H6/c1-10(2)13(8-15(16)12(5)6)7-14(9-17)11(3)4;3*1-2/h7-9H,1,3H2,2,4-6H3;3*1-2H3/b13-8-,14-7-;;;. The minimum Gasteiger partial charge on any atom is -0.298 e. The van der Waals surface area contributed by atoms with Crippen LogP contribution in [0.3, 0.4) is 0 Å². The van der Waals surface area contributed by atoms with Crippen LogP contribution in [0.2, 0.25) is 0 Å². The lowest BCUT2D eigenvalue weighted by molar-refractivity contribution is -0.104. The second-order valence-electron chi connectivity index (χ2n) is 4.23. The molecule has 2 heteroatoms. The molecule has 0 unspecified atom stereocenters. The number of carbonyl (C=O) groups excluding carboxylic acids is 1. The van der Waals surface area contributed by atoms with E-state index in [9.17, 15) is 4.79 Å². The van der Waals surface area contributed by atoms with Gasteiger partial charge in [-0.05, 0) is 51.0 Å². The van der Waals surface area contributed by atoms with E-state index in [4.69, 9.17) is 11.6 Å². The van der Waals surface area contributed by atoms with Gasteiger partial charge in [-0.2, -0.15) is 0 Å². The van der Waals surface area contributed by atoms with Crippen LogP contribution in [0.5, 0.6) is 0 Å². The molecular weight excluding hydrogens is 304 g/mol. The van der Waals surface area contributed by atoms with Gasteiger partial charge in [-0.1, -0.05) is 77.4 Å². The molecule has 0 amide bonds. The Kier molecular flexibility index (Phi) is 26.6. The van der Waals surface area contributed by atoms with E-state index in [0.29, 0.717) is 10.6 Å². The number of hydrogen-bond acceptors (Lipinski definition) is 1. The number of aldehydes is 1. The normalized spacial score (nSPS) is 9.70. The highest BCUT2D eigenvalue weighted by atomic mass is 35.5. The van der Waals surface area contributed by atoms with Gasteiger partial charge in [-0.3, -0.25) is 4.79 Å². The van der Waals surface area contributed by atoms with Crippen molar-refractivity contribution in [2.75, 3.05) is 0 Å². The highest BCUT2D eigenvalue weighted by molar-refractivity contribution is 6.31. The van der Waals surface area contributed by atoms with Crippen molar-refractivity contribution < 1.29 is 4.79 Å². The van der Waals surface area contributed by atoms with Crippen LogP contribution < -0.4 is 0 Å². The highest BCUT2D eigenvalue weighted by Gasteiger charge is 2.01. The predicted octanol–water partition coefficient (Wildman–Crippen LogP) is 7.80. The van der Waals surface area contributed by atoms with Gasteiger partial charge in [-0.25, -0.2) is 0 Å². The number of carbonyl (C=O) groups is 1. The SMILES string of the molecule is C=C(C)C(=C\C(Cl)=C(C)C)/C=C(/C=O)C(=C)C.CC.CC.CC. The lowest BCUT2D eigenvalue weighted by atomic mass is 10.0. The molecule has 0 bridgehead atoms. The van der Waals surface area contributed by atoms with Crippen LogP contribution in [0.4, 0.5) is 0 Å². The molecule has 0 spiro atoms. The van der Waals surface area contributed by atoms with Crippen molar-refractivity contribution in [3.8, 4) is 0 Å². The Morgan fingerprint density at radius 2 is 1.09 bits per heavy atom. The molecule has 0 aliphatic carbocycles. The summed E-state index contributed by atoms with van der Waals surface area (Å²) in [5.41, 5.74) is 3.98. The van der Waals surface area contributed by atoms with Gasteiger partial charge in [0.25, 0.3) is 0 Å². The molecule has 0 radical (unpaired) electrons. The average molecular weight is 341 g/mol. The Hall–Kier alpha value is -1.34. The molecule has 0 saturated heterocycles. The van der Waals surface area contributed by atoms with Gasteiger partial charge in [0.05, 0.1) is 0 Å². The second-order valence-corrected chi connectivity index (χ2v) is 4.63. The zero-order valence-electron chi connectivity index (χ0n) is 16.9. The molecule has 23 heavy (non-hydrogen) atoms. The van der Waals surface area contributed by atoms with Crippen molar-refractivity contribution >= 4 is 17.9 Å². The first kappa shape index (κ1) is 29.6. The highest BCUT2D eigenvalue weighted by Crippen LogP contribution is 2.20. The molecule has 0 saturated carbocycles. The smallest absolute Gasteiger partial charge is 0.150 e. The summed E-state index contributed by atoms with van der Waals surface area (Å²) in [5.74, 6) is 0. The van der Waals surface area contributed by atoms with E-state index in [1.165, 1.54) is 0 Å². The topological polar surface area (TPSA) is 17.1 Å². The fourth-order valence-electron chi connectivity index (χ4n) is 0.994. The zero-order valence-corrected chi connectivity index (χ0v) is 17.7. The van der Waals surface area contributed by atoms with Crippen LogP contribution >= 0.6 is 11.6 Å². The summed E-state index contributed by atoms with van der Waals surface area (Å²) in [7, 11) is 0. The molecule has 0 atom stereocenters. The number of hydrogen-bond donors (Lipinski definition) is 0. The van der Waals surface area contributed by atoms with E-state index >= 15 is 0 Å². The molecule has 0 rings (SSSR count). The van der Waals surface area contributed by atoms with Crippen molar-refractivity contribution in [1.82, 2.24) is 0 Å². The summed E-state index contributed by atoms with van der Waals surface area (Å²) in [6.45, 7) is 27.1. The van der Waals surface area contributed by atoms with Gasteiger partial charge in [0.15, 0.2) is 0 Å². The fraction of sp³-hybridized carbons (Fsp3) is 0.476. The summed E-state index contributed by atoms with van der Waals surface area (Å²) < 4.78 is 0. The summed E-state index contributed by atoms with van der Waals surface area (Å²) >= 11 is 6.08. The average Bonchev–Trinajstić information content (AvgIpc) is 2.56. The molecule has 0 aliphatic heterocycles. The molecule has 134 valence electrons. The largest absolute Gasteiger partial charge is 0.298 e. The maximum atomic E-state index is 10.9. The van der Waals surface area contributed by atoms with E-state index in [-0.39, 0.29) is 0 Å². The fourth-order valence-corrected chi connectivity index (χ4v) is 1.11. The van der Waals surface area contributed by atoms with E-state index in [2.05, 4.69) is 13.2 Å². The van der Waals surface area contributed by atoms with Gasteiger partial charge in [0.1, 0.15) is 6.29 Å². The zero-order chi connectivity index (χ0) is 19.6. The molecule has 0 aromatic rings. The summed E-state index contributed by atoms with van der Waals surface area (Å²) in [4.78, 5) is 10.9. The van der Waals surface area contributed by atoms with Crippen LogP contribution in [0.1, 0.15) is 69.2 Å². The van der Waals surface area contributed by atoms with Gasteiger partial charge >= 0.3 is 0 Å². The van der Waals surface area contributed by atoms with E-state index in [1.54, 1.807) is 13.0 Å². The number of allylic oxidation sites excluding steroid dienone is 8. The monoisotopic (exact) mass is 340 g/mol. The first-order valence-corrected chi connectivity index (χ1v) is 8.70. The van der Waals surface area contributed by atoms with Crippen LogP contribution in [-0.4, -0.2) is 6.29 Å². The Morgan fingerprint density at radius 3 is 1.30 bits per heavy atom. The molecule has 0 aromatic carbocycles. The molecule has 1 nitrogen and oxygen atoms in total. The molecule has 0 N–H and O–H groups in total. The van der Waals surface area contributed by atoms with Gasteiger partial charge in [-0.15, -0.1) is 0 Å². The third-order valence-corrected chi connectivity index (χ3v) is 2.67. The van der Waals surface area contributed by atoms with Crippen molar-refractivity contribution in [1.29, 1.82) is 0 Å². The molecule has 0 heterocycles. The third kappa shape index (κ3) is 16.9. The minimum atomic E-state index is 0.553. The Bertz CT molecular complexity index is 431. The first-order chi connectivity index (χ1) is 10.8. The Morgan fingerprint density at radius 1 is 0.739 bits per heavy atom. The van der Waals surface area contributed by atoms with Gasteiger partial charge in [0, 0.05) is 10.6 Å².